The van der Waals surface area contributed by atoms with E-state index >= 15 is 0 Å². The van der Waals surface area contributed by atoms with Crippen molar-refractivity contribution in [2.75, 3.05) is 18.1 Å². The van der Waals surface area contributed by atoms with Gasteiger partial charge in [-0.25, -0.2) is 0 Å². The first-order chi connectivity index (χ1) is 13.8. The Bertz CT molecular complexity index is 1010. The smallest absolute Gasteiger partial charge is 0.287 e. The van der Waals surface area contributed by atoms with E-state index < -0.39 is 22.5 Å². The molecule has 3 aromatic rings. The lowest BCUT2D eigenvalue weighted by Crippen LogP contribution is -2.40. The topological polar surface area (TPSA) is 81.7 Å². The molecule has 3 heterocycles. The highest BCUT2D eigenvalue weighted by atomic mass is 32.2. The number of nitrogens with zero attached hydrogens (tertiary/aromatic N) is 7. The van der Waals surface area contributed by atoms with Crippen molar-refractivity contribution in [3.8, 4) is 5.69 Å². The number of benzene rings is 1. The second kappa shape index (κ2) is 7.67. The van der Waals surface area contributed by atoms with Crippen molar-refractivity contribution < 1.29 is 17.4 Å². The Balaban J connectivity index is 1.58. The highest BCUT2D eigenvalue weighted by Crippen LogP contribution is 2.30. The second-order valence-corrected chi connectivity index (χ2v) is 8.42. The minimum atomic E-state index is -4.40. The lowest BCUT2D eigenvalue weighted by atomic mass is 10.1. The summed E-state index contributed by atoms with van der Waals surface area (Å²) in [5.74, 6) is 1.51. The molecule has 1 fully saturated rings. The van der Waals surface area contributed by atoms with Gasteiger partial charge in [-0.3, -0.25) is 13.8 Å². The maximum absolute atomic E-state index is 12.8. The Hall–Kier alpha value is -2.60. The average molecular weight is 425 g/mol. The molecule has 0 amide bonds. The summed E-state index contributed by atoms with van der Waals surface area (Å²) in [6.07, 6.45) is -0.763. The van der Waals surface area contributed by atoms with Crippen LogP contribution in [0, 0.1) is 0 Å². The van der Waals surface area contributed by atoms with Gasteiger partial charge in [-0.2, -0.15) is 23.0 Å². The summed E-state index contributed by atoms with van der Waals surface area (Å²) in [7, 11) is 0.891. The lowest BCUT2D eigenvalue weighted by molar-refractivity contribution is -0.137. The first kappa shape index (κ1) is 19.7. The summed E-state index contributed by atoms with van der Waals surface area (Å²) in [6, 6.07) is 4.59. The van der Waals surface area contributed by atoms with E-state index in [1.54, 1.807) is 10.9 Å². The van der Waals surface area contributed by atoms with Gasteiger partial charge >= 0.3 is 6.18 Å². The molecule has 1 aliphatic rings. The largest absolute Gasteiger partial charge is 0.416 e. The van der Waals surface area contributed by atoms with Crippen molar-refractivity contribution in [3.05, 3.63) is 53.6 Å². The van der Waals surface area contributed by atoms with Crippen LogP contribution in [0.1, 0.15) is 23.0 Å². The molecule has 1 aromatic carbocycles. The van der Waals surface area contributed by atoms with Crippen LogP contribution in [0.3, 0.4) is 0 Å². The lowest BCUT2D eigenvalue weighted by Gasteiger charge is -2.34. The number of halogens is 3. The molecule has 0 spiro atoms. The van der Waals surface area contributed by atoms with Crippen molar-refractivity contribution in [1.82, 2.24) is 34.9 Å². The number of hydrogen-bond donors (Lipinski definition) is 0. The van der Waals surface area contributed by atoms with Gasteiger partial charge in [-0.15, -0.1) is 5.10 Å². The molecule has 8 nitrogen and oxygen atoms in total. The monoisotopic (exact) mass is 425 g/mol. The molecule has 1 aliphatic heterocycles. The predicted octanol–water partition coefficient (Wildman–Crippen LogP) is 1.72. The minimum Gasteiger partial charge on any atom is -0.287 e. The summed E-state index contributed by atoms with van der Waals surface area (Å²) in [5.41, 5.74) is 0.664. The molecule has 1 saturated heterocycles. The van der Waals surface area contributed by atoms with Gasteiger partial charge in [0.05, 0.1) is 24.0 Å². The molecular weight excluding hydrogens is 407 g/mol. The molecule has 12 heteroatoms. The highest BCUT2D eigenvalue weighted by molar-refractivity contribution is 7.85. The highest BCUT2D eigenvalue weighted by Gasteiger charge is 2.31. The van der Waals surface area contributed by atoms with Gasteiger partial charge in [0, 0.05) is 53.7 Å². The third-order valence-corrected chi connectivity index (χ3v) is 6.14. The Morgan fingerprint density at radius 2 is 2.00 bits per heavy atom. The molecule has 4 rings (SSSR count). The standard InChI is InChI=1S/C17H18F3N7OS/c1-25-9-12(8-21-25)15-11-29(28)7-6-26(15)10-16-22-23-24-27(16)14-4-2-13(3-5-14)17(18,19)20/h2-5,8-9,15H,6-7,10-11H2,1H3/t15-,29-/m0/s1. The zero-order valence-corrected chi connectivity index (χ0v) is 16.3. The van der Waals surface area contributed by atoms with Crippen LogP contribution in [0.5, 0.6) is 0 Å². The van der Waals surface area contributed by atoms with Gasteiger partial charge in [-0.05, 0) is 34.7 Å². The van der Waals surface area contributed by atoms with Crippen molar-refractivity contribution in [2.24, 2.45) is 7.05 Å². The van der Waals surface area contributed by atoms with Crippen LogP contribution in [0.25, 0.3) is 5.69 Å². The van der Waals surface area contributed by atoms with E-state index in [2.05, 4.69) is 25.5 Å². The first-order valence-electron chi connectivity index (χ1n) is 8.84. The minimum absolute atomic E-state index is 0.101. The van der Waals surface area contributed by atoms with Crippen LogP contribution in [0.2, 0.25) is 0 Å². The maximum atomic E-state index is 12.8. The van der Waals surface area contributed by atoms with E-state index in [1.807, 2.05) is 13.2 Å². The Kier molecular flexibility index (Phi) is 5.21. The summed E-state index contributed by atoms with van der Waals surface area (Å²) < 4.78 is 53.6. The van der Waals surface area contributed by atoms with Crippen LogP contribution in [0.15, 0.2) is 36.7 Å². The fourth-order valence-corrected chi connectivity index (χ4v) is 4.69. The van der Waals surface area contributed by atoms with Crippen molar-refractivity contribution in [3.63, 3.8) is 0 Å². The van der Waals surface area contributed by atoms with Crippen LogP contribution < -0.4 is 0 Å². The molecule has 2 aromatic heterocycles. The average Bonchev–Trinajstić information content (AvgIpc) is 3.31. The molecule has 0 radical (unpaired) electrons. The normalized spacial score (nSPS) is 20.8. The molecule has 154 valence electrons. The van der Waals surface area contributed by atoms with Crippen molar-refractivity contribution in [2.45, 2.75) is 18.8 Å². The molecule has 0 unspecified atom stereocenters. The van der Waals surface area contributed by atoms with Crippen molar-refractivity contribution in [1.29, 1.82) is 0 Å². The quantitative estimate of drug-likeness (QED) is 0.633. The van der Waals surface area contributed by atoms with Crippen LogP contribution >= 0.6 is 0 Å². The first-order valence-corrected chi connectivity index (χ1v) is 10.3. The van der Waals surface area contributed by atoms with Gasteiger partial charge in [0.2, 0.25) is 0 Å². The van der Waals surface area contributed by atoms with Gasteiger partial charge in [0.15, 0.2) is 5.82 Å². The molecule has 0 N–H and O–H groups in total. The predicted molar refractivity (Wildman–Crippen MR) is 98.4 cm³/mol. The number of aryl methyl sites for hydroxylation is 1. The van der Waals surface area contributed by atoms with Crippen molar-refractivity contribution >= 4 is 10.8 Å². The van der Waals surface area contributed by atoms with Gasteiger partial charge in [0.1, 0.15) is 0 Å². The van der Waals surface area contributed by atoms with Crippen LogP contribution in [-0.4, -0.2) is 57.1 Å². The van der Waals surface area contributed by atoms with Gasteiger partial charge in [0.25, 0.3) is 0 Å². The van der Waals surface area contributed by atoms with Gasteiger partial charge < -0.3 is 0 Å². The molecule has 0 bridgehead atoms. The second-order valence-electron chi connectivity index (χ2n) is 6.80. The molecule has 2 atom stereocenters. The number of aromatic nitrogens is 6. The third-order valence-electron chi connectivity index (χ3n) is 4.82. The third kappa shape index (κ3) is 4.22. The van der Waals surface area contributed by atoms with E-state index in [-0.39, 0.29) is 6.04 Å². The molecule has 0 saturated carbocycles. The zero-order chi connectivity index (χ0) is 20.6. The van der Waals surface area contributed by atoms with Crippen LogP contribution in [-0.2, 0) is 30.6 Å². The number of tetrazole rings is 1. The Labute approximate surface area is 166 Å². The van der Waals surface area contributed by atoms with E-state index in [1.165, 1.54) is 16.8 Å². The number of alkyl halides is 3. The molecule has 29 heavy (non-hydrogen) atoms. The van der Waals surface area contributed by atoms with E-state index in [9.17, 15) is 17.4 Å². The summed E-state index contributed by atoms with van der Waals surface area (Å²) in [4.78, 5) is 2.12. The van der Waals surface area contributed by atoms with Crippen LogP contribution in [0.4, 0.5) is 13.2 Å². The van der Waals surface area contributed by atoms with E-state index in [0.717, 1.165) is 17.7 Å². The fraction of sp³-hybridized carbons (Fsp3) is 0.412. The van der Waals surface area contributed by atoms with Gasteiger partial charge in [-0.1, -0.05) is 0 Å². The summed E-state index contributed by atoms with van der Waals surface area (Å²) in [5, 5.41) is 15.9. The number of hydrogen-bond acceptors (Lipinski definition) is 6. The Morgan fingerprint density at radius 3 is 2.66 bits per heavy atom. The van der Waals surface area contributed by atoms with E-state index in [0.29, 0.717) is 36.1 Å². The zero-order valence-electron chi connectivity index (χ0n) is 15.5. The number of rotatable bonds is 4. The molecule has 0 aliphatic carbocycles. The maximum Gasteiger partial charge on any atom is 0.416 e. The summed E-state index contributed by atoms with van der Waals surface area (Å²) in [6.45, 7) is 0.955. The SMILES string of the molecule is Cn1cc([C@@H]2C[S@@](=O)CCN2Cc2nnnn2-c2ccc(C(F)(F)F)cc2)cn1. The Morgan fingerprint density at radius 1 is 1.24 bits per heavy atom. The fourth-order valence-electron chi connectivity index (χ4n) is 3.33. The summed E-state index contributed by atoms with van der Waals surface area (Å²) >= 11 is 0. The van der Waals surface area contributed by atoms with E-state index in [4.69, 9.17) is 0 Å². The molecular formula is C17H18F3N7OS.